The quantitative estimate of drug-likeness (QED) is 0.682. The molecule has 1 amide bonds. The maximum Gasteiger partial charge on any atom is 0.408 e. The molecule has 3 atom stereocenters. The normalized spacial score (nSPS) is 15.6. The highest BCUT2D eigenvalue weighted by Crippen LogP contribution is 2.22. The first kappa shape index (κ1) is 20.5. The number of aliphatic hydroxyl groups excluding tert-OH is 1. The summed E-state index contributed by atoms with van der Waals surface area (Å²) in [4.78, 5) is 13.2. The second-order valence-electron chi connectivity index (χ2n) is 7.37. The lowest BCUT2D eigenvalue weighted by Gasteiger charge is -2.42. The summed E-state index contributed by atoms with van der Waals surface area (Å²) in [6.45, 7) is 10.1. The first-order valence-electron chi connectivity index (χ1n) is 8.64. The second kappa shape index (κ2) is 9.04. The van der Waals surface area contributed by atoms with Gasteiger partial charge in [0.05, 0.1) is 12.1 Å². The number of amides is 1. The van der Waals surface area contributed by atoms with Crippen LogP contribution in [0.5, 0.6) is 0 Å². The number of hydrogen-bond acceptors (Lipinski definition) is 3. The molecule has 0 spiro atoms. The fourth-order valence-electron chi connectivity index (χ4n) is 2.78. The van der Waals surface area contributed by atoms with E-state index in [2.05, 4.69) is 19.2 Å². The van der Waals surface area contributed by atoms with E-state index in [0.717, 1.165) is 12.0 Å². The van der Waals surface area contributed by atoms with E-state index in [-0.39, 0.29) is 6.04 Å². The van der Waals surface area contributed by atoms with Crippen LogP contribution in [0.3, 0.4) is 0 Å². The molecule has 0 radical (unpaired) electrons. The lowest BCUT2D eigenvalue weighted by Crippen LogP contribution is -2.58. The number of aliphatic hydroxyl groups is 1. The third kappa shape index (κ3) is 6.13. The molecule has 1 unspecified atom stereocenters. The van der Waals surface area contributed by atoms with Gasteiger partial charge in [-0.3, -0.25) is 4.90 Å². The van der Waals surface area contributed by atoms with Crippen molar-refractivity contribution in [1.82, 2.24) is 10.2 Å². The molecule has 1 rings (SSSR count). The van der Waals surface area contributed by atoms with Gasteiger partial charge in [0.15, 0.2) is 0 Å². The fourth-order valence-corrected chi connectivity index (χ4v) is 2.78. The molecule has 5 heteroatoms. The number of hydrogen-bond donors (Lipinski definition) is 3. The predicted molar refractivity (Wildman–Crippen MR) is 97.3 cm³/mol. The van der Waals surface area contributed by atoms with E-state index in [4.69, 9.17) is 0 Å². The van der Waals surface area contributed by atoms with E-state index in [9.17, 15) is 15.0 Å². The Balaban J connectivity index is 3.03. The van der Waals surface area contributed by atoms with Crippen LogP contribution in [0.15, 0.2) is 30.3 Å². The fraction of sp³-hybridized carbons (Fsp3) is 0.632. The SMILES string of the molecule is CCC(C)NC[C@H](O)[C@H](Cc1ccccc1)N(C(=O)O)C(C)(C)C. The predicted octanol–water partition coefficient (Wildman–Crippen LogP) is 3.13. The van der Waals surface area contributed by atoms with Gasteiger partial charge in [0.1, 0.15) is 0 Å². The smallest absolute Gasteiger partial charge is 0.408 e. The van der Waals surface area contributed by atoms with Crippen molar-refractivity contribution in [2.75, 3.05) is 6.54 Å². The van der Waals surface area contributed by atoms with Crippen molar-refractivity contribution in [2.24, 2.45) is 0 Å². The molecule has 1 aromatic rings. The van der Waals surface area contributed by atoms with Crippen LogP contribution in [0.2, 0.25) is 0 Å². The highest BCUT2D eigenvalue weighted by atomic mass is 16.4. The molecule has 0 bridgehead atoms. The summed E-state index contributed by atoms with van der Waals surface area (Å²) in [6.07, 6.45) is -0.355. The summed E-state index contributed by atoms with van der Waals surface area (Å²) in [5.74, 6) is 0. The Hall–Kier alpha value is -1.59. The summed E-state index contributed by atoms with van der Waals surface area (Å²) in [7, 11) is 0. The first-order valence-corrected chi connectivity index (χ1v) is 8.64. The Kier molecular flexibility index (Phi) is 7.70. The van der Waals surface area contributed by atoms with Crippen LogP contribution in [0.1, 0.15) is 46.6 Å². The van der Waals surface area contributed by atoms with Gasteiger partial charge in [-0.15, -0.1) is 0 Å². The van der Waals surface area contributed by atoms with Gasteiger partial charge in [0, 0.05) is 18.1 Å². The Labute approximate surface area is 145 Å². The number of carboxylic acid groups (broad SMARTS) is 1. The summed E-state index contributed by atoms with van der Waals surface area (Å²) in [5, 5.41) is 23.7. The molecule has 136 valence electrons. The molecule has 3 N–H and O–H groups in total. The van der Waals surface area contributed by atoms with Crippen LogP contribution in [0, 0.1) is 0 Å². The van der Waals surface area contributed by atoms with Crippen LogP contribution in [0.4, 0.5) is 4.79 Å². The van der Waals surface area contributed by atoms with Crippen molar-refractivity contribution in [2.45, 2.75) is 71.2 Å². The molecular weight excluding hydrogens is 304 g/mol. The topological polar surface area (TPSA) is 72.8 Å². The largest absolute Gasteiger partial charge is 0.465 e. The summed E-state index contributed by atoms with van der Waals surface area (Å²) in [6, 6.07) is 9.48. The van der Waals surface area contributed by atoms with E-state index < -0.39 is 23.8 Å². The molecule has 0 aliphatic rings. The third-order valence-corrected chi connectivity index (χ3v) is 4.28. The lowest BCUT2D eigenvalue weighted by molar-refractivity contribution is 0.00703. The van der Waals surface area contributed by atoms with Crippen LogP contribution in [-0.4, -0.2) is 51.5 Å². The molecule has 0 aliphatic carbocycles. The van der Waals surface area contributed by atoms with Gasteiger partial charge in [0.25, 0.3) is 0 Å². The molecule has 0 saturated heterocycles. The Morgan fingerprint density at radius 2 is 1.83 bits per heavy atom. The first-order chi connectivity index (χ1) is 11.2. The second-order valence-corrected chi connectivity index (χ2v) is 7.37. The van der Waals surface area contributed by atoms with Gasteiger partial charge in [-0.05, 0) is 46.1 Å². The Morgan fingerprint density at radius 1 is 1.25 bits per heavy atom. The van der Waals surface area contributed by atoms with Gasteiger partial charge >= 0.3 is 6.09 Å². The third-order valence-electron chi connectivity index (χ3n) is 4.28. The molecule has 0 aliphatic heterocycles. The van der Waals surface area contributed by atoms with Crippen LogP contribution in [0.25, 0.3) is 0 Å². The van der Waals surface area contributed by atoms with Gasteiger partial charge in [-0.1, -0.05) is 37.3 Å². The van der Waals surface area contributed by atoms with E-state index in [1.165, 1.54) is 4.90 Å². The number of nitrogens with one attached hydrogen (secondary N) is 1. The highest BCUT2D eigenvalue weighted by Gasteiger charge is 2.37. The molecule has 0 saturated carbocycles. The average Bonchev–Trinajstić information content (AvgIpc) is 2.50. The van der Waals surface area contributed by atoms with Gasteiger partial charge in [-0.2, -0.15) is 0 Å². The van der Waals surface area contributed by atoms with Crippen LogP contribution >= 0.6 is 0 Å². The van der Waals surface area contributed by atoms with Gasteiger partial charge < -0.3 is 15.5 Å². The van der Waals surface area contributed by atoms with E-state index >= 15 is 0 Å². The zero-order chi connectivity index (χ0) is 18.3. The van der Waals surface area contributed by atoms with E-state index in [1.54, 1.807) is 0 Å². The van der Waals surface area contributed by atoms with Gasteiger partial charge in [0.2, 0.25) is 0 Å². The Morgan fingerprint density at radius 3 is 2.29 bits per heavy atom. The zero-order valence-corrected chi connectivity index (χ0v) is 15.5. The van der Waals surface area contributed by atoms with Crippen molar-refractivity contribution < 1.29 is 15.0 Å². The number of carbonyl (C=O) groups is 1. The zero-order valence-electron chi connectivity index (χ0n) is 15.5. The molecule has 1 aromatic carbocycles. The van der Waals surface area contributed by atoms with Crippen LogP contribution < -0.4 is 5.32 Å². The number of rotatable bonds is 8. The Bertz CT molecular complexity index is 499. The molecule has 24 heavy (non-hydrogen) atoms. The minimum absolute atomic E-state index is 0.282. The minimum atomic E-state index is -1.01. The number of nitrogens with zero attached hydrogens (tertiary/aromatic N) is 1. The average molecular weight is 336 g/mol. The molecule has 0 fully saturated rings. The standard InChI is InChI=1S/C19H32N2O3/c1-6-14(2)20-13-17(22)16(12-15-10-8-7-9-11-15)21(18(23)24)19(3,4)5/h7-11,14,16-17,20,22H,6,12-13H2,1-5H3,(H,23,24)/t14?,16-,17-/m0/s1. The summed E-state index contributed by atoms with van der Waals surface area (Å²) in [5.41, 5.74) is 0.420. The maximum absolute atomic E-state index is 11.9. The van der Waals surface area contributed by atoms with Crippen molar-refractivity contribution in [3.8, 4) is 0 Å². The maximum atomic E-state index is 11.9. The molecule has 0 aromatic heterocycles. The van der Waals surface area contributed by atoms with Crippen molar-refractivity contribution in [3.05, 3.63) is 35.9 Å². The molecule has 5 nitrogen and oxygen atoms in total. The monoisotopic (exact) mass is 336 g/mol. The highest BCUT2D eigenvalue weighted by molar-refractivity contribution is 5.66. The summed E-state index contributed by atoms with van der Waals surface area (Å²) < 4.78 is 0. The number of benzene rings is 1. The minimum Gasteiger partial charge on any atom is -0.465 e. The summed E-state index contributed by atoms with van der Waals surface area (Å²) >= 11 is 0. The van der Waals surface area contributed by atoms with Crippen molar-refractivity contribution >= 4 is 6.09 Å². The van der Waals surface area contributed by atoms with Gasteiger partial charge in [-0.25, -0.2) is 4.79 Å². The lowest BCUT2D eigenvalue weighted by atomic mass is 9.94. The molecular formula is C19H32N2O3. The van der Waals surface area contributed by atoms with Crippen LogP contribution in [-0.2, 0) is 6.42 Å². The van der Waals surface area contributed by atoms with E-state index in [1.807, 2.05) is 51.1 Å². The van der Waals surface area contributed by atoms with E-state index in [0.29, 0.717) is 13.0 Å². The van der Waals surface area contributed by atoms with Crippen molar-refractivity contribution in [3.63, 3.8) is 0 Å². The van der Waals surface area contributed by atoms with Crippen molar-refractivity contribution in [1.29, 1.82) is 0 Å². The molecule has 0 heterocycles.